The van der Waals surface area contributed by atoms with Gasteiger partial charge in [-0.3, -0.25) is 0 Å². The van der Waals surface area contributed by atoms with Crippen LogP contribution in [0.3, 0.4) is 0 Å². The van der Waals surface area contributed by atoms with E-state index >= 15 is 0 Å². The first kappa shape index (κ1) is 76.2. The number of para-hydroxylation sites is 2. The zero-order valence-corrected chi connectivity index (χ0v) is 73.1. The summed E-state index contributed by atoms with van der Waals surface area (Å²) in [6, 6.07) is 101. The minimum atomic E-state index is -0.214. The second kappa shape index (κ2) is 26.2. The third kappa shape index (κ3) is 12.8. The normalized spacial score (nSPS) is 13.8. The molecule has 2 aliphatic heterocycles. The van der Waals surface area contributed by atoms with Crippen LogP contribution in [0.1, 0.15) is 211 Å². The van der Waals surface area contributed by atoms with Gasteiger partial charge in [-0.15, -0.1) is 0 Å². The van der Waals surface area contributed by atoms with Gasteiger partial charge in [0.15, 0.2) is 0 Å². The molecule has 0 spiro atoms. The molecular formula is C110H114BN5. The molecule has 0 atom stereocenters. The van der Waals surface area contributed by atoms with Crippen LogP contribution in [-0.4, -0.2) is 20.4 Å². The minimum absolute atomic E-state index is 0.0803. The van der Waals surface area contributed by atoms with Gasteiger partial charge < -0.3 is 23.5 Å². The number of nitrogens with zero attached hydrogens (tertiary/aromatic N) is 5. The molecule has 0 saturated heterocycles. The SMILES string of the molecule is CC(C)(C)c1cc(-c2ccc3c4ccc(-c5cc(C(C)(C)C)cc(C(C)(C)C)c5)cc4n(-c4cc5c6c(c4)N(c4ccccc4)c4cc(-n7c8cc(C(C)(C)C)ccc8c8ccc(C(C)(C)C)cc87)ccc4B6c4ccc(-n6c7cc(C(C)(C)C)ccc7c7ccc(C(C)(C)C)cc76)cc4N5c4ccccc4)c3c2)cc(C(C)(C)C)c1. The fourth-order valence-corrected chi connectivity index (χ4v) is 18.5. The molecule has 116 heavy (non-hydrogen) atoms. The largest absolute Gasteiger partial charge is 0.311 e. The number of rotatable bonds is 7. The Bertz CT molecular complexity index is 6100. The Morgan fingerprint density at radius 3 is 0.733 bits per heavy atom. The highest BCUT2D eigenvalue weighted by Crippen LogP contribution is 2.51. The summed E-state index contributed by atoms with van der Waals surface area (Å²) in [5, 5.41) is 7.42. The van der Waals surface area contributed by atoms with Crippen molar-refractivity contribution in [1.82, 2.24) is 13.7 Å². The summed E-state index contributed by atoms with van der Waals surface area (Å²) in [7, 11) is 0. The van der Waals surface area contributed by atoms with Crippen molar-refractivity contribution in [2.24, 2.45) is 0 Å². The molecule has 0 fully saturated rings. The molecule has 13 aromatic carbocycles. The Morgan fingerprint density at radius 1 is 0.190 bits per heavy atom. The Labute approximate surface area is 689 Å². The Hall–Kier alpha value is -11.1. The lowest BCUT2D eigenvalue weighted by atomic mass is 9.33. The minimum Gasteiger partial charge on any atom is -0.311 e. The van der Waals surface area contributed by atoms with Crippen LogP contribution in [-0.2, 0) is 43.3 Å². The maximum absolute atomic E-state index is 2.65. The molecule has 5 nitrogen and oxygen atoms in total. The molecule has 0 N–H and O–H groups in total. The molecule has 582 valence electrons. The van der Waals surface area contributed by atoms with E-state index in [1.54, 1.807) is 0 Å². The molecule has 5 heterocycles. The summed E-state index contributed by atoms with van der Waals surface area (Å²) >= 11 is 0. The number of hydrogen-bond donors (Lipinski definition) is 0. The molecule has 3 aromatic heterocycles. The monoisotopic (exact) mass is 1520 g/mol. The number of benzene rings is 13. The van der Waals surface area contributed by atoms with E-state index in [-0.39, 0.29) is 50.0 Å². The molecule has 2 aliphatic rings. The van der Waals surface area contributed by atoms with Gasteiger partial charge in [0.2, 0.25) is 0 Å². The van der Waals surface area contributed by atoms with Crippen LogP contribution in [0.15, 0.2) is 255 Å². The van der Waals surface area contributed by atoms with E-state index in [9.17, 15) is 0 Å². The maximum atomic E-state index is 2.65. The number of anilines is 6. The van der Waals surface area contributed by atoms with Gasteiger partial charge in [-0.05, 0) is 224 Å². The van der Waals surface area contributed by atoms with Crippen molar-refractivity contribution in [2.45, 2.75) is 209 Å². The summed E-state index contributed by atoms with van der Waals surface area (Å²) in [5.74, 6) is 0. The van der Waals surface area contributed by atoms with Crippen molar-refractivity contribution in [3.63, 3.8) is 0 Å². The summed E-state index contributed by atoms with van der Waals surface area (Å²) < 4.78 is 7.83. The average Bonchev–Trinajstić information content (AvgIpc) is 0.815. The molecule has 18 rings (SSSR count). The first-order chi connectivity index (χ1) is 54.5. The quantitative estimate of drug-likeness (QED) is 0.148. The third-order valence-corrected chi connectivity index (χ3v) is 25.6. The van der Waals surface area contributed by atoms with Crippen molar-refractivity contribution in [3.8, 4) is 39.3 Å². The van der Waals surface area contributed by atoms with Gasteiger partial charge in [0.25, 0.3) is 6.71 Å². The highest BCUT2D eigenvalue weighted by molar-refractivity contribution is 7.00. The van der Waals surface area contributed by atoms with E-state index in [4.69, 9.17) is 0 Å². The van der Waals surface area contributed by atoms with E-state index in [1.165, 1.54) is 138 Å². The van der Waals surface area contributed by atoms with Crippen LogP contribution in [0, 0.1) is 0 Å². The molecule has 16 aromatic rings. The summed E-state index contributed by atoms with van der Waals surface area (Å²) in [4.78, 5) is 5.27. The molecule has 6 heteroatoms. The van der Waals surface area contributed by atoms with Gasteiger partial charge in [-0.25, -0.2) is 0 Å². The van der Waals surface area contributed by atoms with Crippen LogP contribution in [0.4, 0.5) is 34.1 Å². The highest BCUT2D eigenvalue weighted by Gasteiger charge is 2.45. The number of fused-ring (bicyclic) bond motifs is 13. The first-order valence-corrected chi connectivity index (χ1v) is 42.3. The van der Waals surface area contributed by atoms with Gasteiger partial charge in [-0.2, -0.15) is 0 Å². The lowest BCUT2D eigenvalue weighted by Crippen LogP contribution is -2.61. The van der Waals surface area contributed by atoms with Crippen LogP contribution in [0.2, 0.25) is 0 Å². The highest BCUT2D eigenvalue weighted by atomic mass is 15.2. The topological polar surface area (TPSA) is 21.3 Å². The van der Waals surface area contributed by atoms with Gasteiger partial charge in [0.05, 0.1) is 38.8 Å². The molecular weight excluding hydrogens is 1400 g/mol. The second-order valence-electron chi connectivity index (χ2n) is 42.2. The Kier molecular flexibility index (Phi) is 17.2. The van der Waals surface area contributed by atoms with Crippen molar-refractivity contribution < 1.29 is 0 Å². The zero-order valence-electron chi connectivity index (χ0n) is 73.1. The summed E-state index contributed by atoms with van der Waals surface area (Å²) in [6.45, 7) is 56.1. The fraction of sp³-hybridized carbons (Fsp3) is 0.291. The van der Waals surface area contributed by atoms with Gasteiger partial charge >= 0.3 is 0 Å². The molecule has 0 unspecified atom stereocenters. The van der Waals surface area contributed by atoms with Crippen molar-refractivity contribution in [1.29, 1.82) is 0 Å². The predicted molar refractivity (Wildman–Crippen MR) is 504 cm³/mol. The van der Waals surface area contributed by atoms with E-state index in [0.29, 0.717) is 0 Å². The van der Waals surface area contributed by atoms with Gasteiger partial charge in [-0.1, -0.05) is 324 Å². The van der Waals surface area contributed by atoms with E-state index in [1.807, 2.05) is 0 Å². The van der Waals surface area contributed by atoms with E-state index in [2.05, 4.69) is 444 Å². The van der Waals surface area contributed by atoms with E-state index in [0.717, 1.165) is 62.2 Å². The standard InChI is InChI=1S/C110H114BN5/c1-103(2,3)71-37-45-86-87-46-38-72(104(4,5)6)60-95(87)114(94(86)59-71)81-41-49-90-98(63-81)112(79-31-27-25-28-32-79)100-65-83(66-101-102(100)111(90)91-50-42-82(64-99(91)113(101)80-33-29-26-30-34-80)115-96-61-73(105(7,8)9)39-47-88(96)89-48-40-74(62-97(89)115)106(10,11)12)116-92-55-67(69-51-75(107(13,14)15)57-76(52-69)108(16,17)18)35-43-84(92)85-44-36-68(56-93(85)116)70-53-77(109(19,20)21)58-78(54-70)110(22,23)24/h25-66H,1-24H3. The molecule has 0 radical (unpaired) electrons. The molecule has 0 bridgehead atoms. The van der Waals surface area contributed by atoms with Gasteiger partial charge in [0.1, 0.15) is 0 Å². The van der Waals surface area contributed by atoms with E-state index < -0.39 is 0 Å². The number of hydrogen-bond acceptors (Lipinski definition) is 2. The second-order valence-corrected chi connectivity index (χ2v) is 42.2. The maximum Gasteiger partial charge on any atom is 0.252 e. The lowest BCUT2D eigenvalue weighted by molar-refractivity contribution is 0.568. The first-order valence-electron chi connectivity index (χ1n) is 42.3. The molecule has 0 amide bonds. The summed E-state index contributed by atoms with van der Waals surface area (Å²) in [5.41, 5.74) is 35.7. The average molecular weight is 1520 g/mol. The number of aromatic nitrogens is 3. The zero-order chi connectivity index (χ0) is 81.9. The van der Waals surface area contributed by atoms with Crippen LogP contribution < -0.4 is 26.2 Å². The Morgan fingerprint density at radius 2 is 0.448 bits per heavy atom. The molecule has 0 saturated carbocycles. The summed E-state index contributed by atoms with van der Waals surface area (Å²) in [6.07, 6.45) is 0. The third-order valence-electron chi connectivity index (χ3n) is 25.6. The van der Waals surface area contributed by atoms with Crippen molar-refractivity contribution in [2.75, 3.05) is 9.80 Å². The Balaban J connectivity index is 0.993. The predicted octanol–water partition coefficient (Wildman–Crippen LogP) is 28.8. The van der Waals surface area contributed by atoms with Crippen molar-refractivity contribution in [3.05, 3.63) is 299 Å². The van der Waals surface area contributed by atoms with Gasteiger partial charge in [0, 0.05) is 77.8 Å². The lowest BCUT2D eigenvalue weighted by Gasteiger charge is -2.44. The van der Waals surface area contributed by atoms with Crippen molar-refractivity contribution >= 4 is 123 Å². The fourth-order valence-electron chi connectivity index (χ4n) is 18.5. The van der Waals surface area contributed by atoms with Crippen LogP contribution in [0.25, 0.3) is 105 Å². The van der Waals surface area contributed by atoms with Crippen LogP contribution >= 0.6 is 0 Å². The smallest absolute Gasteiger partial charge is 0.252 e. The molecule has 0 aliphatic carbocycles. The van der Waals surface area contributed by atoms with Crippen LogP contribution in [0.5, 0.6) is 0 Å².